The van der Waals surface area contributed by atoms with Crippen LogP contribution in [0, 0.1) is 18.3 Å². The Bertz CT molecular complexity index is 1090. The average Bonchev–Trinajstić information content (AvgIpc) is 3.16. The third-order valence-corrected chi connectivity index (χ3v) is 7.32. The molecule has 1 aromatic heterocycles. The molecular weight excluding hydrogens is 412 g/mol. The predicted octanol–water partition coefficient (Wildman–Crippen LogP) is 5.52. The summed E-state index contributed by atoms with van der Waals surface area (Å²) in [6.07, 6.45) is 0.930. The molecule has 1 N–H and O–H groups in total. The number of carbonyl (C=O) groups is 2. The Kier molecular flexibility index (Phi) is 6.96. The van der Waals surface area contributed by atoms with Crippen LogP contribution in [0.25, 0.3) is 0 Å². The van der Waals surface area contributed by atoms with Crippen molar-refractivity contribution in [2.24, 2.45) is 0 Å². The average molecular weight is 437 g/mol. The van der Waals surface area contributed by atoms with Gasteiger partial charge in [0, 0.05) is 21.7 Å². The van der Waals surface area contributed by atoms with E-state index in [2.05, 4.69) is 18.3 Å². The lowest BCUT2D eigenvalue weighted by Crippen LogP contribution is -2.27. The van der Waals surface area contributed by atoms with E-state index < -0.39 is 5.92 Å². The van der Waals surface area contributed by atoms with Gasteiger partial charge in [-0.05, 0) is 49.8 Å². The number of nitriles is 1. The van der Waals surface area contributed by atoms with Crippen molar-refractivity contribution in [2.45, 2.75) is 40.0 Å². The number of nitrogens with zero attached hydrogens (tertiary/aromatic N) is 1. The number of ketones is 2. The Morgan fingerprint density at radius 2 is 1.90 bits per heavy atom. The van der Waals surface area contributed by atoms with E-state index in [0.29, 0.717) is 21.7 Å². The minimum absolute atomic E-state index is 0.0112. The molecule has 3 rings (SSSR count). The molecule has 0 saturated carbocycles. The normalized spacial score (nSPS) is 16.3. The van der Waals surface area contributed by atoms with Crippen LogP contribution in [0.15, 0.2) is 57.6 Å². The number of rotatable bonds is 7. The third kappa shape index (κ3) is 4.43. The SMILES string of the molecule is CCc1ccc(C(=O)CSC2=C(C#N)[C@@H](c3sccc3C)C(C(C)=O)=C(C)N2)cc1. The molecule has 0 unspecified atom stereocenters. The van der Waals surface area contributed by atoms with E-state index in [1.54, 1.807) is 11.3 Å². The first-order chi connectivity index (χ1) is 14.4. The number of thiophene rings is 1. The third-order valence-electron chi connectivity index (χ3n) is 5.22. The van der Waals surface area contributed by atoms with Crippen LogP contribution >= 0.6 is 23.1 Å². The smallest absolute Gasteiger partial charge is 0.173 e. The summed E-state index contributed by atoms with van der Waals surface area (Å²) < 4.78 is 0. The van der Waals surface area contributed by atoms with Crippen molar-refractivity contribution in [1.82, 2.24) is 5.32 Å². The molecule has 6 heteroatoms. The van der Waals surface area contributed by atoms with Gasteiger partial charge in [0.1, 0.15) is 0 Å². The molecule has 0 saturated heterocycles. The zero-order valence-corrected chi connectivity index (χ0v) is 19.2. The highest BCUT2D eigenvalue weighted by atomic mass is 32.2. The van der Waals surface area contributed by atoms with E-state index in [9.17, 15) is 14.9 Å². The van der Waals surface area contributed by atoms with Crippen LogP contribution in [0.3, 0.4) is 0 Å². The Balaban J connectivity index is 1.91. The maximum Gasteiger partial charge on any atom is 0.173 e. The molecule has 0 amide bonds. The van der Waals surface area contributed by atoms with Gasteiger partial charge >= 0.3 is 0 Å². The van der Waals surface area contributed by atoms with Crippen molar-refractivity contribution in [3.63, 3.8) is 0 Å². The number of benzene rings is 1. The fourth-order valence-corrected chi connectivity index (χ4v) is 5.61. The van der Waals surface area contributed by atoms with Gasteiger partial charge in [0.2, 0.25) is 0 Å². The summed E-state index contributed by atoms with van der Waals surface area (Å²) >= 11 is 2.87. The number of carbonyl (C=O) groups excluding carboxylic acids is 2. The van der Waals surface area contributed by atoms with E-state index in [1.807, 2.05) is 49.6 Å². The van der Waals surface area contributed by atoms with Gasteiger partial charge in [0.05, 0.1) is 28.3 Å². The fraction of sp³-hybridized carbons (Fsp3) is 0.292. The molecule has 1 aliphatic rings. The molecule has 30 heavy (non-hydrogen) atoms. The molecule has 2 heterocycles. The topological polar surface area (TPSA) is 70.0 Å². The van der Waals surface area contributed by atoms with Crippen molar-refractivity contribution in [1.29, 1.82) is 5.26 Å². The summed E-state index contributed by atoms with van der Waals surface area (Å²) in [5.41, 5.74) is 4.76. The lowest BCUT2D eigenvalue weighted by molar-refractivity contribution is -0.113. The quantitative estimate of drug-likeness (QED) is 0.579. The molecule has 1 atom stereocenters. The Labute approximate surface area is 185 Å². The first-order valence-electron chi connectivity index (χ1n) is 9.79. The van der Waals surface area contributed by atoms with Crippen LogP contribution in [-0.4, -0.2) is 17.3 Å². The largest absolute Gasteiger partial charge is 0.353 e. The second-order valence-corrected chi connectivity index (χ2v) is 9.17. The van der Waals surface area contributed by atoms with Gasteiger partial charge in [-0.2, -0.15) is 5.26 Å². The van der Waals surface area contributed by atoms with Crippen LogP contribution in [0.1, 0.15) is 53.1 Å². The predicted molar refractivity (Wildman–Crippen MR) is 124 cm³/mol. The van der Waals surface area contributed by atoms with Crippen LogP contribution in [0.5, 0.6) is 0 Å². The molecule has 1 aromatic carbocycles. The summed E-state index contributed by atoms with van der Waals surface area (Å²) in [5.74, 6) is -0.216. The van der Waals surface area contributed by atoms with E-state index in [4.69, 9.17) is 0 Å². The maximum atomic E-state index is 12.7. The summed E-state index contributed by atoms with van der Waals surface area (Å²) in [7, 11) is 0. The summed E-state index contributed by atoms with van der Waals surface area (Å²) in [6, 6.07) is 12.0. The maximum absolute atomic E-state index is 12.7. The fourth-order valence-electron chi connectivity index (χ4n) is 3.58. The molecule has 0 spiro atoms. The molecular formula is C24H24N2O2S2. The molecule has 1 aliphatic heterocycles. The van der Waals surface area contributed by atoms with Crippen molar-refractivity contribution in [2.75, 3.05) is 5.75 Å². The highest BCUT2D eigenvalue weighted by Gasteiger charge is 2.34. The molecule has 0 fully saturated rings. The van der Waals surface area contributed by atoms with Crippen LogP contribution in [-0.2, 0) is 11.2 Å². The highest BCUT2D eigenvalue weighted by Crippen LogP contribution is 2.43. The van der Waals surface area contributed by atoms with Gasteiger partial charge < -0.3 is 5.32 Å². The summed E-state index contributed by atoms with van der Waals surface area (Å²) in [4.78, 5) is 26.1. The van der Waals surface area contributed by atoms with Gasteiger partial charge in [0.15, 0.2) is 11.6 Å². The number of aryl methyl sites for hydroxylation is 2. The van der Waals surface area contributed by atoms with Gasteiger partial charge in [-0.15, -0.1) is 11.3 Å². The zero-order chi connectivity index (χ0) is 21.8. The number of hydrogen-bond donors (Lipinski definition) is 1. The summed E-state index contributed by atoms with van der Waals surface area (Å²) in [5, 5.41) is 15.8. The van der Waals surface area contributed by atoms with Gasteiger partial charge in [0.25, 0.3) is 0 Å². The number of hydrogen-bond acceptors (Lipinski definition) is 6. The Morgan fingerprint density at radius 3 is 2.43 bits per heavy atom. The number of nitrogens with one attached hydrogen (secondary N) is 1. The molecule has 0 aliphatic carbocycles. The molecule has 4 nitrogen and oxygen atoms in total. The van der Waals surface area contributed by atoms with Gasteiger partial charge in [-0.1, -0.05) is 43.0 Å². The van der Waals surface area contributed by atoms with Crippen molar-refractivity contribution in [3.8, 4) is 6.07 Å². The molecule has 2 aromatic rings. The highest BCUT2D eigenvalue weighted by molar-refractivity contribution is 8.03. The van der Waals surface area contributed by atoms with Gasteiger partial charge in [-0.25, -0.2) is 0 Å². The second kappa shape index (κ2) is 9.46. The van der Waals surface area contributed by atoms with Crippen LogP contribution in [0.2, 0.25) is 0 Å². The minimum Gasteiger partial charge on any atom is -0.353 e. The molecule has 0 radical (unpaired) electrons. The number of thioether (sulfide) groups is 1. The standard InChI is InChI=1S/C24H24N2O2S2/c1-5-17-6-8-18(9-7-17)20(28)13-30-24-19(12-25)22(23-14(2)10-11-29-23)21(16(4)27)15(3)26-24/h6-11,22,26H,5,13H2,1-4H3/t22-/m1/s1. The number of allylic oxidation sites excluding steroid dienone is 3. The summed E-state index contributed by atoms with van der Waals surface area (Å²) in [6.45, 7) is 7.46. The number of Topliss-reactive ketones (excluding diaryl/α,β-unsaturated/α-hetero) is 2. The monoisotopic (exact) mass is 436 g/mol. The molecule has 0 bridgehead atoms. The lowest BCUT2D eigenvalue weighted by Gasteiger charge is -2.29. The minimum atomic E-state index is -0.393. The van der Waals surface area contributed by atoms with Crippen LogP contribution in [0.4, 0.5) is 0 Å². The van der Waals surface area contributed by atoms with Crippen molar-refractivity contribution < 1.29 is 9.59 Å². The van der Waals surface area contributed by atoms with E-state index in [-0.39, 0.29) is 17.3 Å². The van der Waals surface area contributed by atoms with Gasteiger partial charge in [-0.3, -0.25) is 9.59 Å². The zero-order valence-electron chi connectivity index (χ0n) is 17.5. The first-order valence-corrected chi connectivity index (χ1v) is 11.7. The second-order valence-electron chi connectivity index (χ2n) is 7.24. The van der Waals surface area contributed by atoms with E-state index >= 15 is 0 Å². The molecule has 154 valence electrons. The van der Waals surface area contributed by atoms with Crippen molar-refractivity contribution in [3.05, 3.63) is 79.2 Å². The Hall–Kier alpha value is -2.62. The first kappa shape index (κ1) is 22.1. The lowest BCUT2D eigenvalue weighted by atomic mass is 9.84. The van der Waals surface area contributed by atoms with E-state index in [1.165, 1.54) is 24.2 Å². The number of dihydropyridines is 1. The Morgan fingerprint density at radius 1 is 1.20 bits per heavy atom. The van der Waals surface area contributed by atoms with E-state index in [0.717, 1.165) is 22.6 Å². The van der Waals surface area contributed by atoms with Crippen molar-refractivity contribution >= 4 is 34.7 Å². The van der Waals surface area contributed by atoms with Crippen LogP contribution < -0.4 is 5.32 Å².